The van der Waals surface area contributed by atoms with Crippen LogP contribution >= 0.6 is 15.9 Å². The fourth-order valence-corrected chi connectivity index (χ4v) is 3.17. The zero-order valence-electron chi connectivity index (χ0n) is 11.1. The van der Waals surface area contributed by atoms with Gasteiger partial charge in [-0.25, -0.2) is 0 Å². The van der Waals surface area contributed by atoms with Crippen molar-refractivity contribution in [1.82, 2.24) is 4.90 Å². The summed E-state index contributed by atoms with van der Waals surface area (Å²) in [6, 6.07) is 9.03. The van der Waals surface area contributed by atoms with Gasteiger partial charge in [0, 0.05) is 23.6 Å². The molecule has 0 aromatic heterocycles. The van der Waals surface area contributed by atoms with E-state index in [1.54, 1.807) is 0 Å². The molecule has 0 amide bonds. The summed E-state index contributed by atoms with van der Waals surface area (Å²) in [5, 5.41) is 0. The molecule has 0 heterocycles. The second-order valence-corrected chi connectivity index (χ2v) is 6.53. The molecule has 2 atom stereocenters. The summed E-state index contributed by atoms with van der Waals surface area (Å²) >= 11 is 3.47. The minimum absolute atomic E-state index is 0.435. The quantitative estimate of drug-likeness (QED) is 0.923. The highest BCUT2D eigenvalue weighted by Crippen LogP contribution is 2.24. The van der Waals surface area contributed by atoms with Crippen LogP contribution in [-0.4, -0.2) is 24.5 Å². The van der Waals surface area contributed by atoms with E-state index in [4.69, 9.17) is 5.73 Å². The monoisotopic (exact) mass is 310 g/mol. The lowest BCUT2D eigenvalue weighted by Crippen LogP contribution is -2.34. The Bertz CT molecular complexity index is 363. The Labute approximate surface area is 119 Å². The van der Waals surface area contributed by atoms with Crippen LogP contribution in [0.15, 0.2) is 28.7 Å². The molecule has 1 aromatic carbocycles. The van der Waals surface area contributed by atoms with Crippen LogP contribution in [0.3, 0.4) is 0 Å². The Hall–Kier alpha value is -0.380. The molecule has 100 valence electrons. The van der Waals surface area contributed by atoms with Crippen LogP contribution in [0.2, 0.25) is 0 Å². The SMILES string of the molecule is CN(Cc1ccc(Br)cc1)CC1CCCC(N)C1. The third-order valence-electron chi connectivity index (χ3n) is 3.76. The van der Waals surface area contributed by atoms with Gasteiger partial charge in [0.15, 0.2) is 0 Å². The van der Waals surface area contributed by atoms with Crippen LogP contribution in [-0.2, 0) is 6.54 Å². The van der Waals surface area contributed by atoms with Crippen molar-refractivity contribution >= 4 is 15.9 Å². The molecule has 1 fully saturated rings. The first kappa shape index (κ1) is 14.0. The molecule has 0 radical (unpaired) electrons. The van der Waals surface area contributed by atoms with Gasteiger partial charge < -0.3 is 10.6 Å². The van der Waals surface area contributed by atoms with Crippen molar-refractivity contribution in [3.8, 4) is 0 Å². The molecule has 3 heteroatoms. The predicted molar refractivity (Wildman–Crippen MR) is 80.4 cm³/mol. The average molecular weight is 311 g/mol. The molecule has 18 heavy (non-hydrogen) atoms. The number of nitrogens with two attached hydrogens (primary N) is 1. The summed E-state index contributed by atoms with van der Waals surface area (Å²) in [7, 11) is 2.21. The van der Waals surface area contributed by atoms with Crippen molar-refractivity contribution in [1.29, 1.82) is 0 Å². The first-order valence-electron chi connectivity index (χ1n) is 6.82. The van der Waals surface area contributed by atoms with Gasteiger partial charge in [-0.3, -0.25) is 0 Å². The Morgan fingerprint density at radius 1 is 1.28 bits per heavy atom. The van der Waals surface area contributed by atoms with Crippen LogP contribution in [0.25, 0.3) is 0 Å². The third-order valence-corrected chi connectivity index (χ3v) is 4.29. The minimum Gasteiger partial charge on any atom is -0.328 e. The lowest BCUT2D eigenvalue weighted by Gasteiger charge is -2.30. The Balaban J connectivity index is 1.81. The Kier molecular flexibility index (Phi) is 5.22. The highest BCUT2D eigenvalue weighted by atomic mass is 79.9. The zero-order chi connectivity index (χ0) is 13.0. The fraction of sp³-hybridized carbons (Fsp3) is 0.600. The molecule has 2 rings (SSSR count). The van der Waals surface area contributed by atoms with Crippen LogP contribution in [0.4, 0.5) is 0 Å². The van der Waals surface area contributed by atoms with Gasteiger partial charge in [0.1, 0.15) is 0 Å². The second kappa shape index (κ2) is 6.69. The van der Waals surface area contributed by atoms with Gasteiger partial charge in [0.25, 0.3) is 0 Å². The molecular formula is C15H23BrN2. The van der Waals surface area contributed by atoms with Gasteiger partial charge in [0.2, 0.25) is 0 Å². The number of rotatable bonds is 4. The van der Waals surface area contributed by atoms with E-state index in [1.165, 1.54) is 37.8 Å². The maximum atomic E-state index is 6.05. The molecule has 1 saturated carbocycles. The first-order chi connectivity index (χ1) is 8.63. The van der Waals surface area contributed by atoms with Crippen molar-refractivity contribution in [2.24, 2.45) is 11.7 Å². The van der Waals surface area contributed by atoms with E-state index in [2.05, 4.69) is 52.1 Å². The van der Waals surface area contributed by atoms with Crippen molar-refractivity contribution < 1.29 is 0 Å². The number of benzene rings is 1. The number of hydrogen-bond donors (Lipinski definition) is 1. The smallest absolute Gasteiger partial charge is 0.0230 e. The molecular weight excluding hydrogens is 288 g/mol. The maximum absolute atomic E-state index is 6.05. The van der Waals surface area contributed by atoms with Gasteiger partial charge in [-0.1, -0.05) is 34.5 Å². The molecule has 0 aliphatic heterocycles. The fourth-order valence-electron chi connectivity index (χ4n) is 2.91. The summed E-state index contributed by atoms with van der Waals surface area (Å²) in [5.41, 5.74) is 7.42. The van der Waals surface area contributed by atoms with Crippen molar-refractivity contribution in [2.75, 3.05) is 13.6 Å². The highest BCUT2D eigenvalue weighted by molar-refractivity contribution is 9.10. The van der Waals surface area contributed by atoms with Crippen molar-refractivity contribution in [2.45, 2.75) is 38.3 Å². The molecule has 2 N–H and O–H groups in total. The molecule has 0 spiro atoms. The molecule has 1 aliphatic rings. The number of nitrogens with zero attached hydrogens (tertiary/aromatic N) is 1. The summed E-state index contributed by atoms with van der Waals surface area (Å²) in [4.78, 5) is 2.42. The highest BCUT2D eigenvalue weighted by Gasteiger charge is 2.20. The van der Waals surface area contributed by atoms with Crippen molar-refractivity contribution in [3.05, 3.63) is 34.3 Å². The van der Waals surface area contributed by atoms with Gasteiger partial charge >= 0.3 is 0 Å². The normalized spacial score (nSPS) is 24.4. The van der Waals surface area contributed by atoms with Gasteiger partial charge in [-0.05, 0) is 49.9 Å². The van der Waals surface area contributed by atoms with Crippen LogP contribution < -0.4 is 5.73 Å². The molecule has 1 aliphatic carbocycles. The van der Waals surface area contributed by atoms with E-state index in [1.807, 2.05) is 0 Å². The van der Waals surface area contributed by atoms with Gasteiger partial charge in [0.05, 0.1) is 0 Å². The van der Waals surface area contributed by atoms with Crippen LogP contribution in [0.1, 0.15) is 31.2 Å². The predicted octanol–water partition coefficient (Wildman–Crippen LogP) is 3.40. The Morgan fingerprint density at radius 2 is 2.00 bits per heavy atom. The van der Waals surface area contributed by atoms with E-state index < -0.39 is 0 Å². The molecule has 0 bridgehead atoms. The maximum Gasteiger partial charge on any atom is 0.0230 e. The number of halogens is 1. The summed E-state index contributed by atoms with van der Waals surface area (Å²) < 4.78 is 1.15. The molecule has 2 unspecified atom stereocenters. The van der Waals surface area contributed by atoms with E-state index in [-0.39, 0.29) is 0 Å². The number of hydrogen-bond acceptors (Lipinski definition) is 2. The van der Waals surface area contributed by atoms with E-state index in [0.717, 1.165) is 16.9 Å². The van der Waals surface area contributed by atoms with Gasteiger partial charge in [-0.2, -0.15) is 0 Å². The third kappa shape index (κ3) is 4.38. The Morgan fingerprint density at radius 3 is 2.67 bits per heavy atom. The van der Waals surface area contributed by atoms with E-state index in [9.17, 15) is 0 Å². The topological polar surface area (TPSA) is 29.3 Å². The van der Waals surface area contributed by atoms with E-state index in [0.29, 0.717) is 6.04 Å². The standard InChI is InChI=1S/C15H23BrN2/c1-18(10-12-5-7-14(16)8-6-12)11-13-3-2-4-15(17)9-13/h5-8,13,15H,2-4,9-11,17H2,1H3. The molecule has 0 saturated heterocycles. The van der Waals surface area contributed by atoms with Gasteiger partial charge in [-0.15, -0.1) is 0 Å². The lowest BCUT2D eigenvalue weighted by atomic mass is 9.86. The first-order valence-corrected chi connectivity index (χ1v) is 7.61. The average Bonchev–Trinajstić information content (AvgIpc) is 2.32. The van der Waals surface area contributed by atoms with Crippen molar-refractivity contribution in [3.63, 3.8) is 0 Å². The van der Waals surface area contributed by atoms with Crippen LogP contribution in [0, 0.1) is 5.92 Å². The summed E-state index contributed by atoms with van der Waals surface area (Å²) in [5.74, 6) is 0.786. The van der Waals surface area contributed by atoms with E-state index >= 15 is 0 Å². The molecule has 2 nitrogen and oxygen atoms in total. The minimum atomic E-state index is 0.435. The lowest BCUT2D eigenvalue weighted by molar-refractivity contribution is 0.216. The summed E-state index contributed by atoms with van der Waals surface area (Å²) in [6.45, 7) is 2.20. The molecule has 1 aromatic rings. The van der Waals surface area contributed by atoms with Crippen LogP contribution in [0.5, 0.6) is 0 Å². The largest absolute Gasteiger partial charge is 0.328 e. The zero-order valence-corrected chi connectivity index (χ0v) is 12.7. The summed E-state index contributed by atoms with van der Waals surface area (Å²) in [6.07, 6.45) is 5.06. The second-order valence-electron chi connectivity index (χ2n) is 5.62.